The van der Waals surface area contributed by atoms with E-state index in [0.717, 1.165) is 22.9 Å². The fourth-order valence-electron chi connectivity index (χ4n) is 2.78. The largest absolute Gasteiger partial charge is 0.419 e. The Labute approximate surface area is 164 Å². The minimum absolute atomic E-state index is 0.266. The highest BCUT2D eigenvalue weighted by Crippen LogP contribution is 2.33. The molecule has 148 valence electrons. The van der Waals surface area contributed by atoms with E-state index in [1.165, 1.54) is 11.4 Å². The molecular weight excluding hydrogens is 378 g/mol. The maximum absolute atomic E-state index is 12.1. The minimum Gasteiger partial charge on any atom is -0.419 e. The van der Waals surface area contributed by atoms with Crippen molar-refractivity contribution in [3.05, 3.63) is 53.9 Å². The van der Waals surface area contributed by atoms with Gasteiger partial charge < -0.3 is 15.9 Å². The van der Waals surface area contributed by atoms with Gasteiger partial charge >= 0.3 is 0 Å². The van der Waals surface area contributed by atoms with Crippen LogP contribution in [-0.4, -0.2) is 31.9 Å². The number of aromatic nitrogens is 2. The van der Waals surface area contributed by atoms with E-state index in [1.54, 1.807) is 19.1 Å². The summed E-state index contributed by atoms with van der Waals surface area (Å²) in [6.45, 7) is 2.10. The average molecular weight is 401 g/mol. The van der Waals surface area contributed by atoms with Gasteiger partial charge in [0.2, 0.25) is 21.8 Å². The molecule has 0 amide bonds. The third kappa shape index (κ3) is 4.06. The SMILES string of the molecule is CC(N)c1nnc(-c2cc(-c3ccccc3CN)cc(N(C)S(C)(=O)=O)c2)o1. The zero-order valence-electron chi connectivity index (χ0n) is 16.0. The van der Waals surface area contributed by atoms with E-state index in [9.17, 15) is 8.42 Å². The third-order valence-corrected chi connectivity index (χ3v) is 5.61. The summed E-state index contributed by atoms with van der Waals surface area (Å²) in [5.74, 6) is 0.573. The number of hydrogen-bond acceptors (Lipinski definition) is 7. The van der Waals surface area contributed by atoms with E-state index in [2.05, 4.69) is 10.2 Å². The molecule has 0 aliphatic heterocycles. The monoisotopic (exact) mass is 401 g/mol. The van der Waals surface area contributed by atoms with Gasteiger partial charge in [0.15, 0.2) is 0 Å². The van der Waals surface area contributed by atoms with Crippen LogP contribution in [0.15, 0.2) is 46.9 Å². The molecule has 1 heterocycles. The maximum atomic E-state index is 12.1. The molecule has 0 saturated heterocycles. The van der Waals surface area contributed by atoms with Crippen LogP contribution in [0.2, 0.25) is 0 Å². The molecule has 2 aromatic carbocycles. The van der Waals surface area contributed by atoms with Crippen LogP contribution in [0.25, 0.3) is 22.6 Å². The van der Waals surface area contributed by atoms with Crippen molar-refractivity contribution in [3.8, 4) is 22.6 Å². The molecule has 9 heteroatoms. The van der Waals surface area contributed by atoms with Crippen molar-refractivity contribution in [1.82, 2.24) is 10.2 Å². The highest BCUT2D eigenvalue weighted by atomic mass is 32.2. The van der Waals surface area contributed by atoms with E-state index in [-0.39, 0.29) is 5.89 Å². The van der Waals surface area contributed by atoms with Gasteiger partial charge in [-0.25, -0.2) is 8.42 Å². The standard InChI is InChI=1S/C19H23N5O3S/c1-12(21)18-22-23-19(27-18)15-8-14(17-7-5-4-6-13(17)11-20)9-16(10-15)24(2)28(3,25)26/h4-10,12H,11,20-21H2,1-3H3. The van der Waals surface area contributed by atoms with Crippen LogP contribution in [0.1, 0.15) is 24.4 Å². The molecule has 3 aromatic rings. The summed E-state index contributed by atoms with van der Waals surface area (Å²) in [7, 11) is -1.96. The Bertz CT molecular complexity index is 1090. The van der Waals surface area contributed by atoms with Crippen LogP contribution in [-0.2, 0) is 16.6 Å². The van der Waals surface area contributed by atoms with Crippen molar-refractivity contribution in [2.24, 2.45) is 11.5 Å². The zero-order valence-corrected chi connectivity index (χ0v) is 16.8. The number of benzene rings is 2. The van der Waals surface area contributed by atoms with E-state index in [0.29, 0.717) is 23.7 Å². The van der Waals surface area contributed by atoms with Gasteiger partial charge in [-0.15, -0.1) is 10.2 Å². The maximum Gasteiger partial charge on any atom is 0.247 e. The Morgan fingerprint density at radius 2 is 1.82 bits per heavy atom. The van der Waals surface area contributed by atoms with Crippen molar-refractivity contribution >= 4 is 15.7 Å². The molecule has 0 radical (unpaired) electrons. The lowest BCUT2D eigenvalue weighted by Crippen LogP contribution is -2.24. The molecule has 0 aliphatic rings. The quantitative estimate of drug-likeness (QED) is 0.648. The summed E-state index contributed by atoms with van der Waals surface area (Å²) in [6.07, 6.45) is 1.15. The van der Waals surface area contributed by atoms with Crippen molar-refractivity contribution < 1.29 is 12.8 Å². The summed E-state index contributed by atoms with van der Waals surface area (Å²) >= 11 is 0. The summed E-state index contributed by atoms with van der Waals surface area (Å²) in [6, 6.07) is 12.6. The van der Waals surface area contributed by atoms with E-state index in [1.807, 2.05) is 30.3 Å². The summed E-state index contributed by atoms with van der Waals surface area (Å²) < 4.78 is 31.0. The van der Waals surface area contributed by atoms with E-state index in [4.69, 9.17) is 15.9 Å². The van der Waals surface area contributed by atoms with Gasteiger partial charge in [-0.2, -0.15) is 0 Å². The van der Waals surface area contributed by atoms with Gasteiger partial charge in [-0.1, -0.05) is 24.3 Å². The van der Waals surface area contributed by atoms with Crippen LogP contribution in [0.3, 0.4) is 0 Å². The molecule has 28 heavy (non-hydrogen) atoms. The Kier molecular flexibility index (Phi) is 5.50. The number of nitrogens with two attached hydrogens (primary N) is 2. The molecule has 0 saturated carbocycles. The number of rotatable bonds is 6. The average Bonchev–Trinajstić information content (AvgIpc) is 3.17. The second kappa shape index (κ2) is 7.70. The third-order valence-electron chi connectivity index (χ3n) is 4.40. The first kappa shape index (κ1) is 20.0. The van der Waals surface area contributed by atoms with Crippen molar-refractivity contribution in [2.45, 2.75) is 19.5 Å². The molecule has 0 spiro atoms. The number of anilines is 1. The lowest BCUT2D eigenvalue weighted by atomic mass is 9.97. The molecule has 0 aliphatic carbocycles. The lowest BCUT2D eigenvalue weighted by molar-refractivity contribution is 0.473. The van der Waals surface area contributed by atoms with Crippen LogP contribution >= 0.6 is 0 Å². The minimum atomic E-state index is -3.46. The van der Waals surface area contributed by atoms with Crippen molar-refractivity contribution in [2.75, 3.05) is 17.6 Å². The molecule has 0 bridgehead atoms. The zero-order chi connectivity index (χ0) is 20.5. The second-order valence-corrected chi connectivity index (χ2v) is 8.61. The molecule has 3 rings (SSSR count). The predicted molar refractivity (Wildman–Crippen MR) is 109 cm³/mol. The first-order valence-electron chi connectivity index (χ1n) is 8.67. The van der Waals surface area contributed by atoms with Gasteiger partial charge in [0.1, 0.15) is 0 Å². The highest BCUT2D eigenvalue weighted by Gasteiger charge is 2.18. The first-order valence-corrected chi connectivity index (χ1v) is 10.5. The number of sulfonamides is 1. The fourth-order valence-corrected chi connectivity index (χ4v) is 3.27. The molecule has 8 nitrogen and oxygen atoms in total. The van der Waals surface area contributed by atoms with Gasteiger partial charge in [0, 0.05) is 19.2 Å². The number of nitrogens with zero attached hydrogens (tertiary/aromatic N) is 3. The van der Waals surface area contributed by atoms with Gasteiger partial charge in [-0.05, 0) is 41.8 Å². The summed E-state index contributed by atoms with van der Waals surface area (Å²) in [5, 5.41) is 8.02. The number of hydrogen-bond donors (Lipinski definition) is 2. The predicted octanol–water partition coefficient (Wildman–Crippen LogP) is 2.28. The van der Waals surface area contributed by atoms with Crippen LogP contribution < -0.4 is 15.8 Å². The lowest BCUT2D eigenvalue weighted by Gasteiger charge is -2.19. The Hall–Kier alpha value is -2.75. The van der Waals surface area contributed by atoms with E-state index < -0.39 is 16.1 Å². The summed E-state index contributed by atoms with van der Waals surface area (Å²) in [4.78, 5) is 0. The van der Waals surface area contributed by atoms with Gasteiger partial charge in [0.25, 0.3) is 0 Å². The Morgan fingerprint density at radius 3 is 2.43 bits per heavy atom. The molecular formula is C19H23N5O3S. The molecule has 4 N–H and O–H groups in total. The van der Waals surface area contributed by atoms with E-state index >= 15 is 0 Å². The van der Waals surface area contributed by atoms with Crippen LogP contribution in [0.5, 0.6) is 0 Å². The molecule has 1 atom stereocenters. The normalized spacial score (nSPS) is 12.8. The molecule has 0 fully saturated rings. The van der Waals surface area contributed by atoms with Gasteiger partial charge in [-0.3, -0.25) is 4.31 Å². The smallest absolute Gasteiger partial charge is 0.247 e. The topological polar surface area (TPSA) is 128 Å². The molecule has 1 aromatic heterocycles. The second-order valence-electron chi connectivity index (χ2n) is 6.59. The van der Waals surface area contributed by atoms with Crippen LogP contribution in [0, 0.1) is 0 Å². The first-order chi connectivity index (χ1) is 13.2. The van der Waals surface area contributed by atoms with Gasteiger partial charge in [0.05, 0.1) is 18.0 Å². The Morgan fingerprint density at radius 1 is 1.14 bits per heavy atom. The summed E-state index contributed by atoms with van der Waals surface area (Å²) in [5.41, 5.74) is 15.4. The van der Waals surface area contributed by atoms with Crippen LogP contribution in [0.4, 0.5) is 5.69 Å². The van der Waals surface area contributed by atoms with Crippen molar-refractivity contribution in [1.29, 1.82) is 0 Å². The fraction of sp³-hybridized carbons (Fsp3) is 0.263. The van der Waals surface area contributed by atoms with Crippen molar-refractivity contribution in [3.63, 3.8) is 0 Å². The highest BCUT2D eigenvalue weighted by molar-refractivity contribution is 7.92. The molecule has 1 unspecified atom stereocenters. The Balaban J connectivity index is 2.22.